The fourth-order valence-corrected chi connectivity index (χ4v) is 3.59. The van der Waals surface area contributed by atoms with Crippen molar-refractivity contribution in [2.45, 2.75) is 37.5 Å². The summed E-state index contributed by atoms with van der Waals surface area (Å²) < 4.78 is 10.6. The molecule has 28 heavy (non-hydrogen) atoms. The van der Waals surface area contributed by atoms with Crippen molar-refractivity contribution in [2.75, 3.05) is 26.0 Å². The van der Waals surface area contributed by atoms with Gasteiger partial charge in [0.25, 0.3) is 11.1 Å². The molecule has 2 amide bonds. The van der Waals surface area contributed by atoms with Gasteiger partial charge >= 0.3 is 0 Å². The molecule has 0 bridgehead atoms. The average molecular weight is 404 g/mol. The van der Waals surface area contributed by atoms with Crippen LogP contribution in [-0.2, 0) is 11.3 Å². The van der Waals surface area contributed by atoms with E-state index in [4.69, 9.17) is 9.15 Å². The molecular weight excluding hydrogens is 380 g/mol. The lowest BCUT2D eigenvalue weighted by Crippen LogP contribution is -2.33. The van der Waals surface area contributed by atoms with Gasteiger partial charge in [0.1, 0.15) is 5.75 Å². The van der Waals surface area contributed by atoms with Crippen molar-refractivity contribution in [1.29, 1.82) is 0 Å². The number of amides is 2. The zero-order valence-corrected chi connectivity index (χ0v) is 16.7. The van der Waals surface area contributed by atoms with E-state index in [1.54, 1.807) is 31.4 Å². The quantitative estimate of drug-likeness (QED) is 0.708. The lowest BCUT2D eigenvalue weighted by Gasteiger charge is -2.19. The van der Waals surface area contributed by atoms with Gasteiger partial charge in [-0.2, -0.15) is 0 Å². The van der Waals surface area contributed by atoms with Crippen molar-refractivity contribution >= 4 is 23.6 Å². The molecule has 150 valence electrons. The predicted molar refractivity (Wildman–Crippen MR) is 104 cm³/mol. The van der Waals surface area contributed by atoms with Crippen LogP contribution in [0.4, 0.5) is 0 Å². The number of carbonyl (C=O) groups excluding carboxylic acids is 2. The average Bonchev–Trinajstić information content (AvgIpc) is 3.01. The molecule has 0 atom stereocenters. The molecule has 1 N–H and O–H groups in total. The number of thioether (sulfide) groups is 1. The molecule has 1 aliphatic rings. The Morgan fingerprint density at radius 1 is 1.14 bits per heavy atom. The number of benzene rings is 1. The first-order valence-electron chi connectivity index (χ1n) is 9.31. The van der Waals surface area contributed by atoms with E-state index in [1.807, 2.05) is 4.90 Å². The Bertz CT molecular complexity index is 785. The Kier molecular flexibility index (Phi) is 7.30. The van der Waals surface area contributed by atoms with Gasteiger partial charge in [-0.05, 0) is 37.1 Å². The molecule has 2 aromatic rings. The van der Waals surface area contributed by atoms with Crippen LogP contribution in [0.2, 0.25) is 0 Å². The largest absolute Gasteiger partial charge is 0.497 e. The summed E-state index contributed by atoms with van der Waals surface area (Å²) in [5, 5.41) is 10.9. The number of aromatic nitrogens is 2. The minimum absolute atomic E-state index is 0.0967. The third-order valence-electron chi connectivity index (χ3n) is 4.48. The Balaban J connectivity index is 1.44. The minimum Gasteiger partial charge on any atom is -0.497 e. The van der Waals surface area contributed by atoms with E-state index in [-0.39, 0.29) is 24.1 Å². The first kappa shape index (κ1) is 20.2. The van der Waals surface area contributed by atoms with Gasteiger partial charge < -0.3 is 19.4 Å². The molecule has 1 aromatic carbocycles. The van der Waals surface area contributed by atoms with Crippen LogP contribution in [-0.4, -0.2) is 52.9 Å². The number of likely N-dealkylation sites (tertiary alicyclic amines) is 1. The summed E-state index contributed by atoms with van der Waals surface area (Å²) in [6.07, 6.45) is 4.50. The van der Waals surface area contributed by atoms with E-state index in [0.717, 1.165) is 25.9 Å². The monoisotopic (exact) mass is 404 g/mol. The van der Waals surface area contributed by atoms with E-state index < -0.39 is 0 Å². The number of methoxy groups -OCH3 is 1. The summed E-state index contributed by atoms with van der Waals surface area (Å²) in [6, 6.07) is 6.80. The third kappa shape index (κ3) is 5.72. The van der Waals surface area contributed by atoms with Crippen LogP contribution >= 0.6 is 11.8 Å². The highest BCUT2D eigenvalue weighted by atomic mass is 32.2. The minimum atomic E-state index is -0.244. The molecule has 1 aliphatic heterocycles. The van der Waals surface area contributed by atoms with Crippen molar-refractivity contribution in [3.8, 4) is 5.75 Å². The summed E-state index contributed by atoms with van der Waals surface area (Å²) in [4.78, 5) is 26.4. The van der Waals surface area contributed by atoms with Gasteiger partial charge in [-0.1, -0.05) is 24.6 Å². The highest BCUT2D eigenvalue weighted by Gasteiger charge is 2.17. The van der Waals surface area contributed by atoms with Crippen molar-refractivity contribution in [2.24, 2.45) is 0 Å². The molecule has 8 nitrogen and oxygen atoms in total. The zero-order valence-electron chi connectivity index (χ0n) is 15.8. The smallest absolute Gasteiger partial charge is 0.277 e. The summed E-state index contributed by atoms with van der Waals surface area (Å²) >= 11 is 1.23. The molecule has 1 aromatic heterocycles. The van der Waals surface area contributed by atoms with Crippen molar-refractivity contribution in [3.63, 3.8) is 0 Å². The fraction of sp³-hybridized carbons (Fsp3) is 0.474. The van der Waals surface area contributed by atoms with Gasteiger partial charge in [-0.25, -0.2) is 0 Å². The molecule has 2 heterocycles. The lowest BCUT2D eigenvalue weighted by atomic mass is 10.2. The highest BCUT2D eigenvalue weighted by Crippen LogP contribution is 2.18. The number of nitrogens with zero attached hydrogens (tertiary/aromatic N) is 3. The maximum absolute atomic E-state index is 12.3. The highest BCUT2D eigenvalue weighted by molar-refractivity contribution is 7.99. The molecule has 3 rings (SSSR count). The Labute approximate surface area is 168 Å². The normalized spacial score (nSPS) is 14.4. The second-order valence-electron chi connectivity index (χ2n) is 6.46. The summed E-state index contributed by atoms with van der Waals surface area (Å²) in [7, 11) is 1.57. The number of hydrogen-bond acceptors (Lipinski definition) is 7. The van der Waals surface area contributed by atoms with Gasteiger partial charge in [-0.15, -0.1) is 10.2 Å². The van der Waals surface area contributed by atoms with Crippen LogP contribution < -0.4 is 10.1 Å². The molecule has 0 unspecified atom stereocenters. The summed E-state index contributed by atoms with van der Waals surface area (Å²) in [5.41, 5.74) is 0.512. The molecule has 0 spiro atoms. The topological polar surface area (TPSA) is 97.6 Å². The first-order valence-corrected chi connectivity index (χ1v) is 10.3. The van der Waals surface area contributed by atoms with Crippen LogP contribution in [0.5, 0.6) is 5.75 Å². The van der Waals surface area contributed by atoms with Gasteiger partial charge in [0.15, 0.2) is 0 Å². The van der Waals surface area contributed by atoms with Crippen molar-refractivity contribution < 1.29 is 18.7 Å². The molecule has 9 heteroatoms. The molecule has 0 radical (unpaired) electrons. The summed E-state index contributed by atoms with van der Waals surface area (Å²) in [6.45, 7) is 1.77. The fourth-order valence-electron chi connectivity index (χ4n) is 2.90. The van der Waals surface area contributed by atoms with Crippen LogP contribution in [0, 0.1) is 0 Å². The zero-order chi connectivity index (χ0) is 19.8. The molecule has 0 aliphatic carbocycles. The molecule has 1 saturated heterocycles. The molecular formula is C19H24N4O4S. The van der Waals surface area contributed by atoms with E-state index in [9.17, 15) is 9.59 Å². The van der Waals surface area contributed by atoms with Gasteiger partial charge in [0.05, 0.1) is 19.4 Å². The third-order valence-corrected chi connectivity index (χ3v) is 5.28. The van der Waals surface area contributed by atoms with Crippen LogP contribution in [0.3, 0.4) is 0 Å². The van der Waals surface area contributed by atoms with Crippen LogP contribution in [0.25, 0.3) is 0 Å². The number of nitrogens with one attached hydrogen (secondary N) is 1. The Hall–Kier alpha value is -2.55. The van der Waals surface area contributed by atoms with Crippen LogP contribution in [0.1, 0.15) is 41.9 Å². The Morgan fingerprint density at radius 3 is 2.54 bits per heavy atom. The maximum Gasteiger partial charge on any atom is 0.277 e. The second kappa shape index (κ2) is 10.1. The van der Waals surface area contributed by atoms with E-state index in [2.05, 4.69) is 15.5 Å². The molecule has 1 fully saturated rings. The summed E-state index contributed by atoms with van der Waals surface area (Å²) in [5.74, 6) is 1.11. The second-order valence-corrected chi connectivity index (χ2v) is 7.38. The van der Waals surface area contributed by atoms with Crippen molar-refractivity contribution in [3.05, 3.63) is 35.7 Å². The van der Waals surface area contributed by atoms with Crippen molar-refractivity contribution in [1.82, 2.24) is 20.4 Å². The predicted octanol–water partition coefficient (Wildman–Crippen LogP) is 2.50. The van der Waals surface area contributed by atoms with Gasteiger partial charge in [0, 0.05) is 18.7 Å². The first-order chi connectivity index (χ1) is 13.7. The SMILES string of the molecule is COc1ccc(C(=O)NCc2nnc(SCC(=O)N3CCCCCC3)o2)cc1. The van der Waals surface area contributed by atoms with Crippen LogP contribution in [0.15, 0.2) is 33.9 Å². The number of rotatable bonds is 7. The van der Waals surface area contributed by atoms with E-state index >= 15 is 0 Å². The lowest BCUT2D eigenvalue weighted by molar-refractivity contribution is -0.128. The van der Waals surface area contributed by atoms with E-state index in [0.29, 0.717) is 22.4 Å². The molecule has 0 saturated carbocycles. The Morgan fingerprint density at radius 2 is 1.86 bits per heavy atom. The number of ether oxygens (including phenoxy) is 1. The van der Waals surface area contributed by atoms with Gasteiger partial charge in [0.2, 0.25) is 11.8 Å². The number of hydrogen-bond donors (Lipinski definition) is 1. The standard InChI is InChI=1S/C19H24N4O4S/c1-26-15-8-6-14(7-9-15)18(25)20-12-16-21-22-19(27-16)28-13-17(24)23-10-4-2-3-5-11-23/h6-9H,2-5,10-13H2,1H3,(H,20,25). The van der Waals surface area contributed by atoms with E-state index in [1.165, 1.54) is 24.6 Å². The maximum atomic E-state index is 12.3. The number of carbonyl (C=O) groups is 2. The van der Waals surface area contributed by atoms with Gasteiger partial charge in [-0.3, -0.25) is 9.59 Å².